The van der Waals surface area contributed by atoms with Crippen LogP contribution in [0.25, 0.3) is 0 Å². The molecule has 0 bridgehead atoms. The van der Waals surface area contributed by atoms with Gasteiger partial charge in [0.05, 0.1) is 23.3 Å². The molecule has 186 valence electrons. The van der Waals surface area contributed by atoms with Gasteiger partial charge in [0.15, 0.2) is 0 Å². The van der Waals surface area contributed by atoms with Crippen LogP contribution in [0.1, 0.15) is 44.0 Å². The Hall–Kier alpha value is -3.70. The molecule has 1 aromatic heterocycles. The second-order valence-corrected chi connectivity index (χ2v) is 10.2. The van der Waals surface area contributed by atoms with Gasteiger partial charge in [-0.1, -0.05) is 12.1 Å². The molecule has 2 N–H and O–H groups in total. The van der Waals surface area contributed by atoms with E-state index in [4.69, 9.17) is 4.74 Å². The van der Waals surface area contributed by atoms with Gasteiger partial charge in [-0.2, -0.15) is 0 Å². The van der Waals surface area contributed by atoms with Crippen molar-refractivity contribution >= 4 is 57.3 Å². The maximum atomic E-state index is 12.7. The van der Waals surface area contributed by atoms with Crippen LogP contribution in [0, 0.1) is 10.1 Å². The van der Waals surface area contributed by atoms with E-state index in [2.05, 4.69) is 10.6 Å². The molecule has 1 aliphatic carbocycles. The van der Waals surface area contributed by atoms with Gasteiger partial charge in [-0.3, -0.25) is 19.7 Å². The first kappa shape index (κ1) is 25.4. The number of thiophene rings is 1. The molecule has 0 saturated carbocycles. The molecule has 2 aromatic carbocycles. The van der Waals surface area contributed by atoms with Crippen LogP contribution in [-0.2, 0) is 22.4 Å². The quantitative estimate of drug-likeness (QED) is 0.177. The Morgan fingerprint density at radius 3 is 2.64 bits per heavy atom. The maximum absolute atomic E-state index is 12.7. The molecular formula is C25H23N3O6S2. The van der Waals surface area contributed by atoms with E-state index in [1.165, 1.54) is 54.5 Å². The van der Waals surface area contributed by atoms with E-state index in [1.54, 1.807) is 18.2 Å². The molecule has 11 heteroatoms. The molecule has 1 heterocycles. The highest BCUT2D eigenvalue weighted by Gasteiger charge is 2.27. The standard InChI is InChI=1S/C25H23N3O6S2/c1-34-25(31)22-19-10-2-3-11-20(19)36-24(22)27-21(29)14-35-18-9-5-7-16(13-18)26-23(30)15-6-4-8-17(12-15)28(32)33/h4-9,12-13H,2-3,10-11,14H2,1H3,(H,26,30)(H,27,29). The Labute approximate surface area is 215 Å². The van der Waals surface area contributed by atoms with Crippen molar-refractivity contribution in [2.75, 3.05) is 23.5 Å². The van der Waals surface area contributed by atoms with Crippen molar-refractivity contribution in [2.45, 2.75) is 30.6 Å². The number of nitro groups is 1. The lowest BCUT2D eigenvalue weighted by atomic mass is 9.95. The molecule has 4 rings (SSSR count). The molecule has 0 fully saturated rings. The fourth-order valence-electron chi connectivity index (χ4n) is 3.91. The normalized spacial score (nSPS) is 12.4. The third-order valence-electron chi connectivity index (χ3n) is 5.59. The number of hydrogen-bond donors (Lipinski definition) is 2. The van der Waals surface area contributed by atoms with Crippen LogP contribution < -0.4 is 10.6 Å². The average molecular weight is 526 g/mol. The zero-order chi connectivity index (χ0) is 25.7. The predicted molar refractivity (Wildman–Crippen MR) is 139 cm³/mol. The van der Waals surface area contributed by atoms with Gasteiger partial charge in [0, 0.05) is 33.2 Å². The summed E-state index contributed by atoms with van der Waals surface area (Å²) in [5, 5.41) is 17.1. The fraction of sp³-hybridized carbons (Fsp3) is 0.240. The molecule has 1 aliphatic rings. The molecule has 36 heavy (non-hydrogen) atoms. The summed E-state index contributed by atoms with van der Waals surface area (Å²) in [6, 6.07) is 12.4. The van der Waals surface area contributed by atoms with Crippen LogP contribution in [0.15, 0.2) is 53.4 Å². The largest absolute Gasteiger partial charge is 0.465 e. The summed E-state index contributed by atoms with van der Waals surface area (Å²) < 4.78 is 4.95. The van der Waals surface area contributed by atoms with Crippen LogP contribution in [0.4, 0.5) is 16.4 Å². The number of nitrogens with one attached hydrogen (secondary N) is 2. The first-order valence-corrected chi connectivity index (χ1v) is 13.0. The second-order valence-electron chi connectivity index (χ2n) is 8.03. The Kier molecular flexibility index (Phi) is 8.01. The number of carbonyl (C=O) groups excluding carboxylic acids is 3. The number of rotatable bonds is 8. The second kappa shape index (κ2) is 11.4. The molecular weight excluding hydrogens is 502 g/mol. The Morgan fingerprint density at radius 2 is 1.86 bits per heavy atom. The number of esters is 1. The number of non-ortho nitro benzene ring substituents is 1. The van der Waals surface area contributed by atoms with Crippen molar-refractivity contribution in [3.63, 3.8) is 0 Å². The molecule has 0 aliphatic heterocycles. The summed E-state index contributed by atoms with van der Waals surface area (Å²) in [6.07, 6.45) is 3.76. The summed E-state index contributed by atoms with van der Waals surface area (Å²) in [7, 11) is 1.33. The van der Waals surface area contributed by atoms with E-state index in [-0.39, 0.29) is 22.9 Å². The summed E-state index contributed by atoms with van der Waals surface area (Å²) in [5.74, 6) is -1.07. The Bertz CT molecular complexity index is 1340. The van der Waals surface area contributed by atoms with Crippen LogP contribution in [0.5, 0.6) is 0 Å². The summed E-state index contributed by atoms with van der Waals surface area (Å²) in [4.78, 5) is 49.9. The molecule has 0 atom stereocenters. The third kappa shape index (κ3) is 5.92. The minimum atomic E-state index is -0.557. The predicted octanol–water partition coefficient (Wildman–Crippen LogP) is 5.30. The number of aryl methyl sites for hydroxylation is 1. The molecule has 0 radical (unpaired) electrons. The lowest BCUT2D eigenvalue weighted by Gasteiger charge is -2.11. The van der Waals surface area contributed by atoms with Gasteiger partial charge >= 0.3 is 5.97 Å². The number of benzene rings is 2. The van der Waals surface area contributed by atoms with Crippen molar-refractivity contribution in [3.8, 4) is 0 Å². The fourth-order valence-corrected chi connectivity index (χ4v) is 5.96. The van der Waals surface area contributed by atoms with Gasteiger partial charge < -0.3 is 15.4 Å². The van der Waals surface area contributed by atoms with Crippen molar-refractivity contribution in [1.29, 1.82) is 0 Å². The first-order chi connectivity index (χ1) is 17.4. The van der Waals surface area contributed by atoms with Crippen molar-refractivity contribution in [2.24, 2.45) is 0 Å². The molecule has 2 amide bonds. The van der Waals surface area contributed by atoms with Crippen molar-refractivity contribution in [1.82, 2.24) is 0 Å². The van der Waals surface area contributed by atoms with Crippen LogP contribution >= 0.6 is 23.1 Å². The monoisotopic (exact) mass is 525 g/mol. The Balaban J connectivity index is 1.39. The molecule has 0 saturated heterocycles. The summed E-state index contributed by atoms with van der Waals surface area (Å²) >= 11 is 2.72. The lowest BCUT2D eigenvalue weighted by molar-refractivity contribution is -0.384. The first-order valence-electron chi connectivity index (χ1n) is 11.2. The number of fused-ring (bicyclic) bond motifs is 1. The Morgan fingerprint density at radius 1 is 1.08 bits per heavy atom. The van der Waals surface area contributed by atoms with Crippen LogP contribution in [0.2, 0.25) is 0 Å². The zero-order valence-electron chi connectivity index (χ0n) is 19.4. The van der Waals surface area contributed by atoms with E-state index in [9.17, 15) is 24.5 Å². The van der Waals surface area contributed by atoms with Gasteiger partial charge in [0.2, 0.25) is 5.91 Å². The van der Waals surface area contributed by atoms with E-state index in [0.717, 1.165) is 41.0 Å². The molecule has 3 aromatic rings. The van der Waals surface area contributed by atoms with Crippen molar-refractivity contribution < 1.29 is 24.0 Å². The van der Waals surface area contributed by atoms with Crippen LogP contribution in [0.3, 0.4) is 0 Å². The van der Waals surface area contributed by atoms with E-state index < -0.39 is 16.8 Å². The van der Waals surface area contributed by atoms with Gasteiger partial charge in [0.25, 0.3) is 11.6 Å². The smallest absolute Gasteiger partial charge is 0.341 e. The average Bonchev–Trinajstić information content (AvgIpc) is 3.25. The van der Waals surface area contributed by atoms with Gasteiger partial charge in [-0.05, 0) is 55.5 Å². The highest BCUT2D eigenvalue weighted by Crippen LogP contribution is 2.38. The third-order valence-corrected chi connectivity index (χ3v) is 7.80. The summed E-state index contributed by atoms with van der Waals surface area (Å²) in [5.41, 5.74) is 1.94. The molecule has 9 nitrogen and oxygen atoms in total. The highest BCUT2D eigenvalue weighted by atomic mass is 32.2. The number of amides is 2. The van der Waals surface area contributed by atoms with E-state index in [0.29, 0.717) is 16.3 Å². The molecule has 0 unspecified atom stereocenters. The van der Waals surface area contributed by atoms with Crippen LogP contribution in [-0.4, -0.2) is 35.6 Å². The van der Waals surface area contributed by atoms with Crippen molar-refractivity contribution in [3.05, 3.63) is 80.2 Å². The number of nitro benzene ring substituents is 1. The minimum Gasteiger partial charge on any atom is -0.465 e. The zero-order valence-corrected chi connectivity index (χ0v) is 21.0. The maximum Gasteiger partial charge on any atom is 0.341 e. The number of hydrogen-bond acceptors (Lipinski definition) is 8. The summed E-state index contributed by atoms with van der Waals surface area (Å²) in [6.45, 7) is 0. The topological polar surface area (TPSA) is 128 Å². The van der Waals surface area contributed by atoms with Gasteiger partial charge in [0.1, 0.15) is 5.00 Å². The van der Waals surface area contributed by atoms with E-state index in [1.807, 2.05) is 6.07 Å². The van der Waals surface area contributed by atoms with E-state index >= 15 is 0 Å². The number of thioether (sulfide) groups is 1. The number of carbonyl (C=O) groups is 3. The van der Waals surface area contributed by atoms with Gasteiger partial charge in [-0.15, -0.1) is 23.1 Å². The number of nitrogens with zero attached hydrogens (tertiary/aromatic N) is 1. The number of anilines is 2. The highest BCUT2D eigenvalue weighted by molar-refractivity contribution is 8.00. The lowest BCUT2D eigenvalue weighted by Crippen LogP contribution is -2.16. The van der Waals surface area contributed by atoms with Gasteiger partial charge in [-0.25, -0.2) is 4.79 Å². The number of methoxy groups -OCH3 is 1. The molecule has 0 spiro atoms. The minimum absolute atomic E-state index is 0.103. The number of ether oxygens (including phenoxy) is 1. The SMILES string of the molecule is COC(=O)c1c(NC(=O)CSc2cccc(NC(=O)c3cccc([N+](=O)[O-])c3)c2)sc2c1CCCC2.